The molecule has 1 aromatic carbocycles. The van der Waals surface area contributed by atoms with Crippen LogP contribution in [0.3, 0.4) is 0 Å². The molecule has 1 atom stereocenters. The number of nitrogens with zero attached hydrogens (tertiary/aromatic N) is 1. The molecule has 7 nitrogen and oxygen atoms in total. The van der Waals surface area contributed by atoms with Crippen molar-refractivity contribution in [1.82, 2.24) is 4.90 Å². The number of carbonyl (C=O) groups is 3. The van der Waals surface area contributed by atoms with E-state index < -0.39 is 5.92 Å². The molecule has 2 heterocycles. The first-order valence-electron chi connectivity index (χ1n) is 9.08. The number of rotatable bonds is 4. The van der Waals surface area contributed by atoms with Gasteiger partial charge in [0.1, 0.15) is 0 Å². The fourth-order valence-corrected chi connectivity index (χ4v) is 4.05. The van der Waals surface area contributed by atoms with Crippen molar-refractivity contribution in [2.75, 3.05) is 18.7 Å². The average molecular weight is 358 g/mol. The van der Waals surface area contributed by atoms with Gasteiger partial charge in [0.2, 0.25) is 18.6 Å². The van der Waals surface area contributed by atoms with Crippen LogP contribution < -0.4 is 14.8 Å². The molecule has 1 aliphatic carbocycles. The first kappa shape index (κ1) is 16.9. The Morgan fingerprint density at radius 3 is 2.54 bits per heavy atom. The number of benzene rings is 1. The van der Waals surface area contributed by atoms with Gasteiger partial charge in [0.25, 0.3) is 0 Å². The number of ketones is 1. The number of Topliss-reactive ketones (excluding diaryl/α,β-unsaturated/α-hetero) is 1. The quantitative estimate of drug-likeness (QED) is 0.835. The summed E-state index contributed by atoms with van der Waals surface area (Å²) in [6, 6.07) is 3.48. The third-order valence-corrected chi connectivity index (χ3v) is 5.44. The van der Waals surface area contributed by atoms with Crippen LogP contribution in [-0.4, -0.2) is 41.9 Å². The van der Waals surface area contributed by atoms with Crippen LogP contribution >= 0.6 is 0 Å². The largest absolute Gasteiger partial charge is 0.454 e. The maximum atomic E-state index is 12.7. The first-order chi connectivity index (χ1) is 12.5. The van der Waals surface area contributed by atoms with Crippen molar-refractivity contribution in [2.24, 2.45) is 5.92 Å². The molecule has 1 unspecified atom stereocenters. The predicted molar refractivity (Wildman–Crippen MR) is 93.3 cm³/mol. The molecular formula is C19H22N2O5. The van der Waals surface area contributed by atoms with Crippen molar-refractivity contribution >= 4 is 23.3 Å². The molecule has 2 amide bonds. The highest BCUT2D eigenvalue weighted by Gasteiger charge is 2.39. The normalized spacial score (nSPS) is 22.1. The Labute approximate surface area is 151 Å². The lowest BCUT2D eigenvalue weighted by molar-refractivity contribution is -0.129. The molecule has 0 spiro atoms. The minimum atomic E-state index is -0.395. The minimum Gasteiger partial charge on any atom is -0.454 e. The molecular weight excluding hydrogens is 336 g/mol. The van der Waals surface area contributed by atoms with Crippen molar-refractivity contribution < 1.29 is 23.9 Å². The number of nitrogens with one attached hydrogen (secondary N) is 1. The Morgan fingerprint density at radius 1 is 1.15 bits per heavy atom. The van der Waals surface area contributed by atoms with Gasteiger partial charge in [-0.1, -0.05) is 12.8 Å². The maximum absolute atomic E-state index is 12.7. The van der Waals surface area contributed by atoms with Gasteiger partial charge in [-0.25, -0.2) is 0 Å². The molecule has 1 saturated heterocycles. The zero-order chi connectivity index (χ0) is 18.3. The van der Waals surface area contributed by atoms with Gasteiger partial charge in [0.15, 0.2) is 17.3 Å². The molecule has 1 N–H and O–H groups in total. The standard InChI is InChI=1S/C19H22N2O5/c1-11(22)14-7-16-17(26-10-25-16)8-15(14)20-19(24)12-6-18(23)21(9-12)13-4-2-3-5-13/h7-8,12-13H,2-6,9-10H2,1H3,(H,20,24). The van der Waals surface area contributed by atoms with Crippen LogP contribution in [0.1, 0.15) is 49.4 Å². The van der Waals surface area contributed by atoms with Gasteiger partial charge < -0.3 is 19.7 Å². The van der Waals surface area contributed by atoms with E-state index in [1.165, 1.54) is 6.92 Å². The van der Waals surface area contributed by atoms with Crippen molar-refractivity contribution in [3.05, 3.63) is 17.7 Å². The van der Waals surface area contributed by atoms with Gasteiger partial charge in [-0.15, -0.1) is 0 Å². The number of hydrogen-bond donors (Lipinski definition) is 1. The van der Waals surface area contributed by atoms with Gasteiger partial charge in [0, 0.05) is 30.6 Å². The van der Waals surface area contributed by atoms with Crippen LogP contribution in [0, 0.1) is 5.92 Å². The molecule has 0 radical (unpaired) electrons. The second-order valence-corrected chi connectivity index (χ2v) is 7.18. The lowest BCUT2D eigenvalue weighted by Gasteiger charge is -2.24. The molecule has 4 rings (SSSR count). The Kier molecular flexibility index (Phi) is 4.30. The van der Waals surface area contributed by atoms with Crippen LogP contribution in [0.15, 0.2) is 12.1 Å². The number of anilines is 1. The summed E-state index contributed by atoms with van der Waals surface area (Å²) in [5.41, 5.74) is 0.776. The second kappa shape index (κ2) is 6.63. The fourth-order valence-electron chi connectivity index (χ4n) is 4.05. The van der Waals surface area contributed by atoms with Crippen LogP contribution in [0.2, 0.25) is 0 Å². The predicted octanol–water partition coefficient (Wildman–Crippen LogP) is 2.35. The number of likely N-dealkylation sites (tertiary alicyclic amines) is 1. The molecule has 0 bridgehead atoms. The highest BCUT2D eigenvalue weighted by atomic mass is 16.7. The summed E-state index contributed by atoms with van der Waals surface area (Å²) < 4.78 is 10.6. The summed E-state index contributed by atoms with van der Waals surface area (Å²) >= 11 is 0. The van der Waals surface area contributed by atoms with Crippen LogP contribution in [-0.2, 0) is 9.59 Å². The summed E-state index contributed by atoms with van der Waals surface area (Å²) in [5, 5.41) is 2.82. The number of hydrogen-bond acceptors (Lipinski definition) is 5. The first-order valence-corrected chi connectivity index (χ1v) is 9.08. The van der Waals surface area contributed by atoms with Crippen LogP contribution in [0.5, 0.6) is 11.5 Å². The van der Waals surface area contributed by atoms with Crippen molar-refractivity contribution in [1.29, 1.82) is 0 Å². The maximum Gasteiger partial charge on any atom is 0.231 e. The fraction of sp³-hybridized carbons (Fsp3) is 0.526. The molecule has 1 saturated carbocycles. The summed E-state index contributed by atoms with van der Waals surface area (Å²) in [6.07, 6.45) is 4.56. The van der Waals surface area contributed by atoms with Gasteiger partial charge in [-0.05, 0) is 25.8 Å². The highest BCUT2D eigenvalue weighted by Crippen LogP contribution is 2.38. The summed E-state index contributed by atoms with van der Waals surface area (Å²) in [5.74, 6) is 0.244. The third-order valence-electron chi connectivity index (χ3n) is 5.44. The zero-order valence-electron chi connectivity index (χ0n) is 14.7. The van der Waals surface area contributed by atoms with Crippen LogP contribution in [0.25, 0.3) is 0 Å². The average Bonchev–Trinajstić information content (AvgIpc) is 3.33. The zero-order valence-corrected chi connectivity index (χ0v) is 14.7. The van der Waals surface area contributed by atoms with E-state index in [4.69, 9.17) is 9.47 Å². The summed E-state index contributed by atoms with van der Waals surface area (Å²) in [7, 11) is 0. The van der Waals surface area contributed by atoms with Gasteiger partial charge in [-0.3, -0.25) is 14.4 Å². The van der Waals surface area contributed by atoms with E-state index in [0.29, 0.717) is 29.3 Å². The lowest BCUT2D eigenvalue weighted by Crippen LogP contribution is -2.35. The Balaban J connectivity index is 1.50. The second-order valence-electron chi connectivity index (χ2n) is 7.18. The van der Waals surface area contributed by atoms with E-state index in [1.807, 2.05) is 4.90 Å². The Bertz CT molecular complexity index is 769. The van der Waals surface area contributed by atoms with Gasteiger partial charge in [-0.2, -0.15) is 0 Å². The van der Waals surface area contributed by atoms with Gasteiger partial charge >= 0.3 is 0 Å². The minimum absolute atomic E-state index is 0.0505. The Hall–Kier alpha value is -2.57. The molecule has 2 aliphatic heterocycles. The number of fused-ring (bicyclic) bond motifs is 1. The molecule has 0 aromatic heterocycles. The molecule has 1 aromatic rings. The molecule has 26 heavy (non-hydrogen) atoms. The van der Waals surface area contributed by atoms with Crippen molar-refractivity contribution in [3.63, 3.8) is 0 Å². The lowest BCUT2D eigenvalue weighted by atomic mass is 10.1. The number of ether oxygens (including phenoxy) is 2. The monoisotopic (exact) mass is 358 g/mol. The number of carbonyl (C=O) groups excluding carboxylic acids is 3. The molecule has 138 valence electrons. The molecule has 3 aliphatic rings. The van der Waals surface area contributed by atoms with E-state index in [-0.39, 0.29) is 36.9 Å². The molecule has 7 heteroatoms. The van der Waals surface area contributed by atoms with E-state index in [9.17, 15) is 14.4 Å². The van der Waals surface area contributed by atoms with E-state index in [0.717, 1.165) is 25.7 Å². The highest BCUT2D eigenvalue weighted by molar-refractivity contribution is 6.06. The summed E-state index contributed by atoms with van der Waals surface area (Å²) in [4.78, 5) is 38.8. The van der Waals surface area contributed by atoms with E-state index in [2.05, 4.69) is 5.32 Å². The van der Waals surface area contributed by atoms with Crippen molar-refractivity contribution in [3.8, 4) is 11.5 Å². The Morgan fingerprint density at radius 2 is 1.85 bits per heavy atom. The van der Waals surface area contributed by atoms with Gasteiger partial charge in [0.05, 0.1) is 11.6 Å². The van der Waals surface area contributed by atoms with Crippen molar-refractivity contribution in [2.45, 2.75) is 45.1 Å². The van der Waals surface area contributed by atoms with Crippen LogP contribution in [0.4, 0.5) is 5.69 Å². The summed E-state index contributed by atoms with van der Waals surface area (Å²) in [6.45, 7) is 1.99. The molecule has 2 fully saturated rings. The topological polar surface area (TPSA) is 84.9 Å². The smallest absolute Gasteiger partial charge is 0.231 e. The SMILES string of the molecule is CC(=O)c1cc2c(cc1NC(=O)C1CC(=O)N(C3CCCC3)C1)OCO2. The van der Waals surface area contributed by atoms with E-state index in [1.54, 1.807) is 12.1 Å². The van der Waals surface area contributed by atoms with E-state index >= 15 is 0 Å². The number of amides is 2. The third kappa shape index (κ3) is 3.02.